The van der Waals surface area contributed by atoms with E-state index in [1.54, 1.807) is 31.1 Å². The summed E-state index contributed by atoms with van der Waals surface area (Å²) in [7, 11) is 3.49. The first-order chi connectivity index (χ1) is 8.99. The summed E-state index contributed by atoms with van der Waals surface area (Å²) < 4.78 is 0. The van der Waals surface area contributed by atoms with Crippen LogP contribution >= 0.6 is 11.6 Å². The van der Waals surface area contributed by atoms with Crippen LogP contribution in [0.15, 0.2) is 18.2 Å². The minimum absolute atomic E-state index is 0.0517. The van der Waals surface area contributed by atoms with E-state index in [4.69, 9.17) is 16.7 Å². The number of carbonyl (C=O) groups is 1. The fourth-order valence-electron chi connectivity index (χ4n) is 1.74. The first-order valence-electron chi connectivity index (χ1n) is 6.34. The van der Waals surface area contributed by atoms with E-state index in [-0.39, 0.29) is 12.5 Å². The molecule has 0 unspecified atom stereocenters. The Morgan fingerprint density at radius 2 is 2.05 bits per heavy atom. The van der Waals surface area contributed by atoms with Crippen LogP contribution in [-0.4, -0.2) is 43.1 Å². The highest BCUT2D eigenvalue weighted by molar-refractivity contribution is 6.31. The summed E-state index contributed by atoms with van der Waals surface area (Å²) >= 11 is 6.09. The van der Waals surface area contributed by atoms with Crippen LogP contribution in [0.1, 0.15) is 18.9 Å². The third-order valence-corrected chi connectivity index (χ3v) is 3.24. The molecule has 0 saturated heterocycles. The maximum absolute atomic E-state index is 11.8. The van der Waals surface area contributed by atoms with Crippen molar-refractivity contribution < 1.29 is 9.90 Å². The van der Waals surface area contributed by atoms with Gasteiger partial charge >= 0.3 is 0 Å². The molecule has 0 heterocycles. The number of halogens is 1. The molecular formula is C14H21ClN2O2. The summed E-state index contributed by atoms with van der Waals surface area (Å²) in [4.78, 5) is 15.4. The maximum atomic E-state index is 11.8. The Bertz CT molecular complexity index is 435. The third-order valence-electron chi connectivity index (χ3n) is 2.89. The lowest BCUT2D eigenvalue weighted by Crippen LogP contribution is -2.37. The summed E-state index contributed by atoms with van der Waals surface area (Å²) in [5.74, 6) is 0.0517. The first kappa shape index (κ1) is 15.8. The second-order valence-corrected chi connectivity index (χ2v) is 5.05. The SMILES string of the molecule is CCCN(CC(=O)N(C)C)c1ccc(CO)c(Cl)c1. The number of likely N-dealkylation sites (N-methyl/N-ethyl adjacent to an activating group) is 1. The van der Waals surface area contributed by atoms with Gasteiger partial charge in [0.05, 0.1) is 13.2 Å². The molecule has 19 heavy (non-hydrogen) atoms. The van der Waals surface area contributed by atoms with Crippen molar-refractivity contribution in [2.45, 2.75) is 20.0 Å². The van der Waals surface area contributed by atoms with Gasteiger partial charge in [-0.15, -0.1) is 0 Å². The molecule has 0 aliphatic rings. The molecule has 4 nitrogen and oxygen atoms in total. The number of amides is 1. The van der Waals surface area contributed by atoms with E-state index >= 15 is 0 Å². The fourth-order valence-corrected chi connectivity index (χ4v) is 1.97. The molecule has 1 aromatic carbocycles. The van der Waals surface area contributed by atoms with Crippen molar-refractivity contribution in [2.24, 2.45) is 0 Å². The zero-order chi connectivity index (χ0) is 14.4. The molecule has 0 spiro atoms. The van der Waals surface area contributed by atoms with Gasteiger partial charge in [-0.3, -0.25) is 4.79 Å². The predicted octanol–water partition coefficient (Wildman–Crippen LogP) is 2.14. The lowest BCUT2D eigenvalue weighted by Gasteiger charge is -2.25. The predicted molar refractivity (Wildman–Crippen MR) is 78.6 cm³/mol. The molecular weight excluding hydrogens is 264 g/mol. The molecule has 5 heteroatoms. The van der Waals surface area contributed by atoms with Gasteiger partial charge in [-0.25, -0.2) is 0 Å². The molecule has 1 rings (SSSR count). The maximum Gasteiger partial charge on any atom is 0.241 e. The molecule has 1 aromatic rings. The molecule has 0 aromatic heterocycles. The topological polar surface area (TPSA) is 43.8 Å². The van der Waals surface area contributed by atoms with Crippen LogP contribution in [0.25, 0.3) is 0 Å². The van der Waals surface area contributed by atoms with Gasteiger partial charge in [0, 0.05) is 31.4 Å². The van der Waals surface area contributed by atoms with Crippen molar-refractivity contribution in [3.8, 4) is 0 Å². The Hall–Kier alpha value is -1.26. The summed E-state index contributed by atoms with van der Waals surface area (Å²) in [5.41, 5.74) is 1.60. The van der Waals surface area contributed by atoms with E-state index in [0.29, 0.717) is 17.1 Å². The van der Waals surface area contributed by atoms with E-state index in [0.717, 1.165) is 18.7 Å². The molecule has 0 saturated carbocycles. The van der Waals surface area contributed by atoms with E-state index in [1.807, 2.05) is 11.0 Å². The van der Waals surface area contributed by atoms with E-state index in [1.165, 1.54) is 0 Å². The summed E-state index contributed by atoms with van der Waals surface area (Å²) in [6.07, 6.45) is 0.945. The van der Waals surface area contributed by atoms with Crippen molar-refractivity contribution in [1.82, 2.24) is 4.90 Å². The smallest absolute Gasteiger partial charge is 0.241 e. The van der Waals surface area contributed by atoms with Crippen LogP contribution < -0.4 is 4.90 Å². The van der Waals surface area contributed by atoms with Gasteiger partial charge in [-0.05, 0) is 24.1 Å². The number of hydrogen-bond acceptors (Lipinski definition) is 3. The average molecular weight is 285 g/mol. The molecule has 0 bridgehead atoms. The quantitative estimate of drug-likeness (QED) is 0.870. The van der Waals surface area contributed by atoms with Crippen molar-refractivity contribution in [3.05, 3.63) is 28.8 Å². The van der Waals surface area contributed by atoms with Crippen molar-refractivity contribution in [1.29, 1.82) is 0 Å². The molecule has 0 atom stereocenters. The van der Waals surface area contributed by atoms with Crippen LogP contribution in [-0.2, 0) is 11.4 Å². The average Bonchev–Trinajstić information content (AvgIpc) is 2.37. The van der Waals surface area contributed by atoms with E-state index in [2.05, 4.69) is 6.92 Å². The van der Waals surface area contributed by atoms with Gasteiger partial charge in [0.25, 0.3) is 0 Å². The van der Waals surface area contributed by atoms with Crippen molar-refractivity contribution >= 4 is 23.2 Å². The molecule has 0 aliphatic heterocycles. The monoisotopic (exact) mass is 284 g/mol. The number of carbonyl (C=O) groups excluding carboxylic acids is 1. The van der Waals surface area contributed by atoms with Gasteiger partial charge in [-0.1, -0.05) is 24.6 Å². The Labute approximate surface area is 119 Å². The second kappa shape index (κ2) is 7.36. The number of rotatable bonds is 6. The Kier molecular flexibility index (Phi) is 6.12. The van der Waals surface area contributed by atoms with Crippen LogP contribution in [0.5, 0.6) is 0 Å². The van der Waals surface area contributed by atoms with Crippen LogP contribution in [0.4, 0.5) is 5.69 Å². The standard InChI is InChI=1S/C14H21ClN2O2/c1-4-7-17(9-14(19)16(2)3)12-6-5-11(10-18)13(15)8-12/h5-6,8,18H,4,7,9-10H2,1-3H3. The zero-order valence-electron chi connectivity index (χ0n) is 11.7. The number of benzene rings is 1. The largest absolute Gasteiger partial charge is 0.392 e. The lowest BCUT2D eigenvalue weighted by atomic mass is 10.2. The molecule has 106 valence electrons. The minimum Gasteiger partial charge on any atom is -0.392 e. The van der Waals surface area contributed by atoms with Crippen LogP contribution in [0, 0.1) is 0 Å². The number of aliphatic hydroxyl groups is 1. The van der Waals surface area contributed by atoms with Crippen LogP contribution in [0.2, 0.25) is 5.02 Å². The minimum atomic E-state index is -0.0798. The normalized spacial score (nSPS) is 10.4. The third kappa shape index (κ3) is 4.40. The van der Waals surface area contributed by atoms with E-state index < -0.39 is 0 Å². The second-order valence-electron chi connectivity index (χ2n) is 4.64. The summed E-state index contributed by atoms with van der Waals surface area (Å²) in [6.45, 7) is 3.10. The molecule has 1 amide bonds. The van der Waals surface area contributed by atoms with Crippen LogP contribution in [0.3, 0.4) is 0 Å². The summed E-state index contributed by atoms with van der Waals surface area (Å²) in [6, 6.07) is 5.47. The number of anilines is 1. The highest BCUT2D eigenvalue weighted by Crippen LogP contribution is 2.24. The van der Waals surface area contributed by atoms with Gasteiger partial charge in [0.15, 0.2) is 0 Å². The van der Waals surface area contributed by atoms with Crippen molar-refractivity contribution in [2.75, 3.05) is 32.1 Å². The van der Waals surface area contributed by atoms with Gasteiger partial charge in [-0.2, -0.15) is 0 Å². The number of nitrogens with zero attached hydrogens (tertiary/aromatic N) is 2. The fraction of sp³-hybridized carbons (Fsp3) is 0.500. The van der Waals surface area contributed by atoms with E-state index in [9.17, 15) is 4.79 Å². The van der Waals surface area contributed by atoms with Gasteiger partial charge in [0.1, 0.15) is 0 Å². The zero-order valence-corrected chi connectivity index (χ0v) is 12.4. The first-order valence-corrected chi connectivity index (χ1v) is 6.71. The molecule has 1 N–H and O–H groups in total. The number of hydrogen-bond donors (Lipinski definition) is 1. The Morgan fingerprint density at radius 3 is 2.53 bits per heavy atom. The molecule has 0 aliphatic carbocycles. The summed E-state index contributed by atoms with van der Waals surface area (Å²) in [5, 5.41) is 9.64. The molecule has 0 radical (unpaired) electrons. The highest BCUT2D eigenvalue weighted by atomic mass is 35.5. The number of aliphatic hydroxyl groups excluding tert-OH is 1. The van der Waals surface area contributed by atoms with Gasteiger partial charge in [0.2, 0.25) is 5.91 Å². The lowest BCUT2D eigenvalue weighted by molar-refractivity contribution is -0.127. The molecule has 0 fully saturated rings. The Morgan fingerprint density at radius 1 is 1.37 bits per heavy atom. The Balaban J connectivity index is 2.92. The van der Waals surface area contributed by atoms with Crippen molar-refractivity contribution in [3.63, 3.8) is 0 Å². The highest BCUT2D eigenvalue weighted by Gasteiger charge is 2.13. The van der Waals surface area contributed by atoms with Gasteiger partial charge < -0.3 is 14.9 Å².